The predicted octanol–water partition coefficient (Wildman–Crippen LogP) is 2.48. The molecular weight excluding hydrogens is 233 g/mol. The Balaban J connectivity index is 2.36. The molecule has 3 nitrogen and oxygen atoms in total. The Labute approximate surface area is 98.5 Å². The van der Waals surface area contributed by atoms with Crippen LogP contribution < -0.4 is 10.6 Å². The van der Waals surface area contributed by atoms with Crippen LogP contribution in [0.5, 0.6) is 0 Å². The SMILES string of the molecule is Cc1ccc(N=C2NCCN2)c(Cl)c1Cl. The highest BCUT2D eigenvalue weighted by molar-refractivity contribution is 6.44. The highest BCUT2D eigenvalue weighted by Gasteiger charge is 2.09. The molecular formula is C10H11Cl2N3. The van der Waals surface area contributed by atoms with Crippen LogP contribution in [0.25, 0.3) is 0 Å². The van der Waals surface area contributed by atoms with Crippen LogP contribution in [0.4, 0.5) is 5.69 Å². The number of hydrogen-bond donors (Lipinski definition) is 2. The van der Waals surface area contributed by atoms with Crippen molar-refractivity contribution >= 4 is 34.8 Å². The van der Waals surface area contributed by atoms with Crippen LogP contribution in [0.3, 0.4) is 0 Å². The Morgan fingerprint density at radius 2 is 1.80 bits per heavy atom. The van der Waals surface area contributed by atoms with Crippen molar-refractivity contribution in [3.63, 3.8) is 0 Å². The van der Waals surface area contributed by atoms with E-state index in [4.69, 9.17) is 23.2 Å². The maximum Gasteiger partial charge on any atom is 0.196 e. The highest BCUT2D eigenvalue weighted by atomic mass is 35.5. The van der Waals surface area contributed by atoms with Crippen LogP contribution in [-0.2, 0) is 0 Å². The molecule has 1 fully saturated rings. The maximum atomic E-state index is 6.08. The minimum atomic E-state index is 0.500. The van der Waals surface area contributed by atoms with Crippen LogP contribution in [0.15, 0.2) is 17.1 Å². The molecule has 1 aromatic rings. The second-order valence-corrected chi connectivity index (χ2v) is 4.10. The summed E-state index contributed by atoms with van der Waals surface area (Å²) in [5.41, 5.74) is 1.64. The molecule has 2 rings (SSSR count). The van der Waals surface area contributed by atoms with E-state index in [0.717, 1.165) is 24.6 Å². The first-order valence-electron chi connectivity index (χ1n) is 4.69. The van der Waals surface area contributed by atoms with Crippen molar-refractivity contribution in [3.8, 4) is 0 Å². The minimum absolute atomic E-state index is 0.500. The lowest BCUT2D eigenvalue weighted by molar-refractivity contribution is 0.942. The average Bonchev–Trinajstić information content (AvgIpc) is 2.72. The quantitative estimate of drug-likeness (QED) is 0.796. The number of guanidine groups is 1. The largest absolute Gasteiger partial charge is 0.354 e. The summed E-state index contributed by atoms with van der Waals surface area (Å²) in [6.45, 7) is 3.68. The molecule has 0 radical (unpaired) electrons. The first kappa shape index (κ1) is 10.6. The fraction of sp³-hybridized carbons (Fsp3) is 0.300. The summed E-state index contributed by atoms with van der Waals surface area (Å²) in [5, 5.41) is 7.27. The zero-order valence-electron chi connectivity index (χ0n) is 8.27. The summed E-state index contributed by atoms with van der Waals surface area (Å²) in [6.07, 6.45) is 0. The van der Waals surface area contributed by atoms with Gasteiger partial charge in [0.25, 0.3) is 0 Å². The predicted molar refractivity (Wildman–Crippen MR) is 64.3 cm³/mol. The third-order valence-corrected chi connectivity index (χ3v) is 3.16. The number of aliphatic imine (C=N–C) groups is 1. The van der Waals surface area contributed by atoms with Crippen LogP contribution in [0.2, 0.25) is 10.0 Å². The maximum absolute atomic E-state index is 6.08. The molecule has 2 N–H and O–H groups in total. The summed E-state index contributed by atoms with van der Waals surface area (Å²) in [6, 6.07) is 3.76. The van der Waals surface area contributed by atoms with E-state index < -0.39 is 0 Å². The molecule has 1 aromatic carbocycles. The normalized spacial score (nSPS) is 14.7. The first-order valence-corrected chi connectivity index (χ1v) is 5.45. The lowest BCUT2D eigenvalue weighted by Crippen LogP contribution is -2.23. The van der Waals surface area contributed by atoms with Gasteiger partial charge in [-0.25, -0.2) is 4.99 Å². The van der Waals surface area contributed by atoms with E-state index in [9.17, 15) is 0 Å². The van der Waals surface area contributed by atoms with Crippen molar-refractivity contribution in [2.24, 2.45) is 4.99 Å². The van der Waals surface area contributed by atoms with E-state index in [0.29, 0.717) is 15.7 Å². The molecule has 0 unspecified atom stereocenters. The number of hydrogen-bond acceptors (Lipinski definition) is 1. The first-order chi connectivity index (χ1) is 7.18. The zero-order chi connectivity index (χ0) is 10.8. The van der Waals surface area contributed by atoms with Crippen LogP contribution in [-0.4, -0.2) is 19.0 Å². The van der Waals surface area contributed by atoms with Gasteiger partial charge in [0.05, 0.1) is 15.7 Å². The molecule has 1 heterocycles. The van der Waals surface area contributed by atoms with Gasteiger partial charge in [-0.2, -0.15) is 0 Å². The topological polar surface area (TPSA) is 36.4 Å². The Bertz CT molecular complexity index is 407. The van der Waals surface area contributed by atoms with E-state index in [1.54, 1.807) is 0 Å². The Hall–Kier alpha value is -0.930. The van der Waals surface area contributed by atoms with Gasteiger partial charge in [-0.3, -0.25) is 0 Å². The summed E-state index contributed by atoms with van der Waals surface area (Å²) in [7, 11) is 0. The lowest BCUT2D eigenvalue weighted by atomic mass is 10.2. The van der Waals surface area contributed by atoms with Crippen LogP contribution in [0, 0.1) is 6.92 Å². The molecule has 1 aliphatic heterocycles. The highest BCUT2D eigenvalue weighted by Crippen LogP contribution is 2.34. The third kappa shape index (κ3) is 2.19. The van der Waals surface area contributed by atoms with Gasteiger partial charge in [-0.05, 0) is 18.6 Å². The van der Waals surface area contributed by atoms with E-state index >= 15 is 0 Å². The Morgan fingerprint density at radius 1 is 1.13 bits per heavy atom. The van der Waals surface area contributed by atoms with Crippen molar-refractivity contribution in [1.29, 1.82) is 0 Å². The summed E-state index contributed by atoms with van der Waals surface area (Å²) in [4.78, 5) is 4.34. The molecule has 5 heteroatoms. The Kier molecular flexibility index (Phi) is 3.03. The molecule has 15 heavy (non-hydrogen) atoms. The van der Waals surface area contributed by atoms with Gasteiger partial charge in [0.15, 0.2) is 5.96 Å². The number of halogens is 2. The molecule has 0 saturated carbocycles. The molecule has 1 aliphatic rings. The summed E-state index contributed by atoms with van der Waals surface area (Å²) >= 11 is 12.1. The smallest absolute Gasteiger partial charge is 0.196 e. The lowest BCUT2D eigenvalue weighted by Gasteiger charge is -2.05. The van der Waals surface area contributed by atoms with E-state index in [-0.39, 0.29) is 0 Å². The average molecular weight is 244 g/mol. The van der Waals surface area contributed by atoms with E-state index in [1.807, 2.05) is 19.1 Å². The molecule has 0 atom stereocenters. The standard InChI is InChI=1S/C10H11Cl2N3/c1-6-2-3-7(9(12)8(6)11)15-10-13-4-5-14-10/h2-3H,4-5H2,1H3,(H2,13,14,15). The molecule has 0 aliphatic carbocycles. The fourth-order valence-corrected chi connectivity index (χ4v) is 1.76. The number of aryl methyl sites for hydroxylation is 1. The zero-order valence-corrected chi connectivity index (χ0v) is 9.78. The number of benzene rings is 1. The van der Waals surface area contributed by atoms with Crippen molar-refractivity contribution in [2.75, 3.05) is 13.1 Å². The third-order valence-electron chi connectivity index (χ3n) is 2.20. The van der Waals surface area contributed by atoms with Crippen molar-refractivity contribution in [1.82, 2.24) is 10.6 Å². The molecule has 80 valence electrons. The van der Waals surface area contributed by atoms with Crippen LogP contribution >= 0.6 is 23.2 Å². The van der Waals surface area contributed by atoms with Gasteiger partial charge in [-0.15, -0.1) is 0 Å². The Morgan fingerprint density at radius 3 is 2.47 bits per heavy atom. The van der Waals surface area contributed by atoms with Crippen LogP contribution in [0.1, 0.15) is 5.56 Å². The number of rotatable bonds is 1. The molecule has 0 aromatic heterocycles. The number of nitrogens with zero attached hydrogens (tertiary/aromatic N) is 1. The van der Waals surface area contributed by atoms with Gasteiger partial charge >= 0.3 is 0 Å². The molecule has 0 spiro atoms. The van der Waals surface area contributed by atoms with Gasteiger partial charge in [0.1, 0.15) is 0 Å². The molecule has 1 saturated heterocycles. The second kappa shape index (κ2) is 4.29. The van der Waals surface area contributed by atoms with Gasteiger partial charge in [-0.1, -0.05) is 29.3 Å². The summed E-state index contributed by atoms with van der Waals surface area (Å²) < 4.78 is 0. The van der Waals surface area contributed by atoms with Crippen molar-refractivity contribution < 1.29 is 0 Å². The monoisotopic (exact) mass is 243 g/mol. The summed E-state index contributed by atoms with van der Waals surface area (Å²) in [5.74, 6) is 0.747. The minimum Gasteiger partial charge on any atom is -0.354 e. The van der Waals surface area contributed by atoms with Gasteiger partial charge in [0.2, 0.25) is 0 Å². The molecule has 0 amide bonds. The fourth-order valence-electron chi connectivity index (χ4n) is 1.35. The second-order valence-electron chi connectivity index (χ2n) is 3.34. The number of nitrogens with one attached hydrogen (secondary N) is 2. The van der Waals surface area contributed by atoms with E-state index in [2.05, 4.69) is 15.6 Å². The van der Waals surface area contributed by atoms with Gasteiger partial charge in [0, 0.05) is 13.1 Å². The van der Waals surface area contributed by atoms with Gasteiger partial charge < -0.3 is 10.6 Å². The van der Waals surface area contributed by atoms with Crippen molar-refractivity contribution in [2.45, 2.75) is 6.92 Å². The molecule has 0 bridgehead atoms. The van der Waals surface area contributed by atoms with Crippen molar-refractivity contribution in [3.05, 3.63) is 27.7 Å². The van der Waals surface area contributed by atoms with E-state index in [1.165, 1.54) is 0 Å².